The number of carbonyl (C=O) groups excluding carboxylic acids is 1. The SMILES string of the molecule is COc1cccc(-c2nnc(SCCC(=O)Nc3ccccc3)n2Cc2ccco2)c1. The van der Waals surface area contributed by atoms with Crippen molar-refractivity contribution in [2.24, 2.45) is 0 Å². The lowest BCUT2D eigenvalue weighted by molar-refractivity contribution is -0.115. The lowest BCUT2D eigenvalue weighted by atomic mass is 10.2. The number of para-hydroxylation sites is 1. The minimum atomic E-state index is -0.0381. The van der Waals surface area contributed by atoms with Crippen LogP contribution < -0.4 is 10.1 Å². The van der Waals surface area contributed by atoms with E-state index in [1.807, 2.05) is 71.3 Å². The van der Waals surface area contributed by atoms with E-state index in [0.717, 1.165) is 27.9 Å². The molecule has 0 unspecified atom stereocenters. The first-order valence-electron chi connectivity index (χ1n) is 9.80. The van der Waals surface area contributed by atoms with E-state index in [2.05, 4.69) is 15.5 Å². The van der Waals surface area contributed by atoms with Gasteiger partial charge >= 0.3 is 0 Å². The van der Waals surface area contributed by atoms with Gasteiger partial charge in [-0.3, -0.25) is 9.36 Å². The summed E-state index contributed by atoms with van der Waals surface area (Å²) < 4.78 is 12.9. The Morgan fingerprint density at radius 1 is 1.10 bits per heavy atom. The fraction of sp³-hybridized carbons (Fsp3) is 0.174. The summed E-state index contributed by atoms with van der Waals surface area (Å²) in [5.41, 5.74) is 1.69. The molecular weight excluding hydrogens is 412 g/mol. The first kappa shape index (κ1) is 20.7. The number of amides is 1. The summed E-state index contributed by atoms with van der Waals surface area (Å²) in [6.45, 7) is 0.491. The van der Waals surface area contributed by atoms with Crippen molar-refractivity contribution in [1.82, 2.24) is 14.8 Å². The van der Waals surface area contributed by atoms with Crippen molar-refractivity contribution in [3.8, 4) is 17.1 Å². The molecule has 0 aliphatic rings. The van der Waals surface area contributed by atoms with E-state index in [9.17, 15) is 4.79 Å². The van der Waals surface area contributed by atoms with Gasteiger partial charge in [-0.2, -0.15) is 0 Å². The maximum absolute atomic E-state index is 12.2. The highest BCUT2D eigenvalue weighted by molar-refractivity contribution is 7.99. The van der Waals surface area contributed by atoms with Crippen LogP contribution in [0.5, 0.6) is 5.75 Å². The fourth-order valence-corrected chi connectivity index (χ4v) is 3.93. The van der Waals surface area contributed by atoms with Crippen LogP contribution in [0.25, 0.3) is 11.4 Å². The van der Waals surface area contributed by atoms with Crippen LogP contribution in [0.3, 0.4) is 0 Å². The molecule has 158 valence electrons. The maximum Gasteiger partial charge on any atom is 0.225 e. The number of benzene rings is 2. The van der Waals surface area contributed by atoms with Crippen LogP contribution in [0.4, 0.5) is 5.69 Å². The molecule has 4 rings (SSSR count). The van der Waals surface area contributed by atoms with Crippen LogP contribution in [-0.2, 0) is 11.3 Å². The second-order valence-corrected chi connectivity index (χ2v) is 7.78. The summed E-state index contributed by atoms with van der Waals surface area (Å²) in [5.74, 6) is 2.80. The van der Waals surface area contributed by atoms with Gasteiger partial charge in [0.2, 0.25) is 5.91 Å². The molecular formula is C23H22N4O3S. The largest absolute Gasteiger partial charge is 0.497 e. The highest BCUT2D eigenvalue weighted by atomic mass is 32.2. The first-order chi connectivity index (χ1) is 15.2. The van der Waals surface area contributed by atoms with Crippen LogP contribution >= 0.6 is 11.8 Å². The average Bonchev–Trinajstić information content (AvgIpc) is 3.45. The highest BCUT2D eigenvalue weighted by Gasteiger charge is 2.17. The third kappa shape index (κ3) is 5.35. The fourth-order valence-electron chi connectivity index (χ4n) is 3.05. The molecule has 0 saturated heterocycles. The second kappa shape index (κ2) is 9.99. The Kier molecular flexibility index (Phi) is 6.68. The Hall–Kier alpha value is -3.52. The smallest absolute Gasteiger partial charge is 0.225 e. The number of aromatic nitrogens is 3. The van der Waals surface area contributed by atoms with E-state index in [4.69, 9.17) is 9.15 Å². The first-order valence-corrected chi connectivity index (χ1v) is 10.8. The summed E-state index contributed by atoms with van der Waals surface area (Å²) >= 11 is 1.49. The number of anilines is 1. The lowest BCUT2D eigenvalue weighted by Crippen LogP contribution is -2.12. The molecule has 2 heterocycles. The molecule has 0 spiro atoms. The third-order valence-electron chi connectivity index (χ3n) is 4.56. The van der Waals surface area contributed by atoms with Crippen molar-refractivity contribution in [1.29, 1.82) is 0 Å². The van der Waals surface area contributed by atoms with E-state index < -0.39 is 0 Å². The Labute approximate surface area is 184 Å². The number of carbonyl (C=O) groups is 1. The van der Waals surface area contributed by atoms with E-state index in [-0.39, 0.29) is 5.91 Å². The summed E-state index contributed by atoms with van der Waals surface area (Å²) in [4.78, 5) is 12.2. The molecule has 0 bridgehead atoms. The topological polar surface area (TPSA) is 82.2 Å². The Balaban J connectivity index is 1.49. The number of thioether (sulfide) groups is 1. The van der Waals surface area contributed by atoms with Crippen molar-refractivity contribution in [3.05, 3.63) is 78.8 Å². The number of nitrogens with zero attached hydrogens (tertiary/aromatic N) is 3. The van der Waals surface area contributed by atoms with Gasteiger partial charge < -0.3 is 14.5 Å². The number of methoxy groups -OCH3 is 1. The van der Waals surface area contributed by atoms with Crippen molar-refractivity contribution >= 4 is 23.4 Å². The van der Waals surface area contributed by atoms with Gasteiger partial charge in [-0.25, -0.2) is 0 Å². The summed E-state index contributed by atoms with van der Waals surface area (Å²) in [5, 5.41) is 12.4. The number of hydrogen-bond acceptors (Lipinski definition) is 6. The van der Waals surface area contributed by atoms with Crippen molar-refractivity contribution in [2.45, 2.75) is 18.1 Å². The van der Waals surface area contributed by atoms with Crippen LogP contribution in [-0.4, -0.2) is 33.5 Å². The van der Waals surface area contributed by atoms with E-state index in [0.29, 0.717) is 24.5 Å². The van der Waals surface area contributed by atoms with Gasteiger partial charge in [0.05, 0.1) is 19.9 Å². The Bertz CT molecular complexity index is 1130. The van der Waals surface area contributed by atoms with Crippen LogP contribution in [0.15, 0.2) is 82.6 Å². The van der Waals surface area contributed by atoms with Gasteiger partial charge in [0, 0.05) is 23.4 Å². The van der Waals surface area contributed by atoms with Gasteiger partial charge in [-0.15, -0.1) is 10.2 Å². The standard InChI is InChI=1S/C23H22N4O3S/c1-29-19-10-5-7-17(15-19)22-25-26-23(27(22)16-20-11-6-13-30-20)31-14-12-21(28)24-18-8-3-2-4-9-18/h2-11,13,15H,12,14,16H2,1H3,(H,24,28). The lowest BCUT2D eigenvalue weighted by Gasteiger charge is -2.10. The number of rotatable bonds is 9. The predicted octanol–water partition coefficient (Wildman–Crippen LogP) is 4.72. The molecule has 4 aromatic rings. The number of hydrogen-bond donors (Lipinski definition) is 1. The zero-order valence-electron chi connectivity index (χ0n) is 17.0. The normalized spacial score (nSPS) is 10.7. The van der Waals surface area contributed by atoms with Crippen molar-refractivity contribution in [3.63, 3.8) is 0 Å². The predicted molar refractivity (Wildman–Crippen MR) is 120 cm³/mol. The van der Waals surface area contributed by atoms with Gasteiger partial charge in [0.1, 0.15) is 11.5 Å². The summed E-state index contributed by atoms with van der Waals surface area (Å²) in [7, 11) is 1.63. The Morgan fingerprint density at radius 3 is 2.74 bits per heavy atom. The highest BCUT2D eigenvalue weighted by Crippen LogP contribution is 2.28. The number of ether oxygens (including phenoxy) is 1. The monoisotopic (exact) mass is 434 g/mol. The van der Waals surface area contributed by atoms with Gasteiger partial charge in [-0.05, 0) is 36.4 Å². The summed E-state index contributed by atoms with van der Waals surface area (Å²) in [6.07, 6.45) is 2.01. The zero-order chi connectivity index (χ0) is 21.5. The van der Waals surface area contributed by atoms with Gasteiger partial charge in [0.15, 0.2) is 11.0 Å². The molecule has 1 amide bonds. The minimum Gasteiger partial charge on any atom is -0.497 e. The van der Waals surface area contributed by atoms with Crippen LogP contribution in [0, 0.1) is 0 Å². The minimum absolute atomic E-state index is 0.0381. The van der Waals surface area contributed by atoms with Crippen molar-refractivity contribution in [2.75, 3.05) is 18.2 Å². The summed E-state index contributed by atoms with van der Waals surface area (Å²) in [6, 6.07) is 20.9. The van der Waals surface area contributed by atoms with Crippen LogP contribution in [0.2, 0.25) is 0 Å². The van der Waals surface area contributed by atoms with Crippen molar-refractivity contribution < 1.29 is 13.9 Å². The molecule has 0 radical (unpaired) electrons. The molecule has 7 nitrogen and oxygen atoms in total. The molecule has 0 saturated carbocycles. The van der Waals surface area contributed by atoms with E-state index in [1.165, 1.54) is 11.8 Å². The third-order valence-corrected chi connectivity index (χ3v) is 5.53. The van der Waals surface area contributed by atoms with E-state index >= 15 is 0 Å². The molecule has 0 fully saturated rings. The van der Waals surface area contributed by atoms with Crippen LogP contribution in [0.1, 0.15) is 12.2 Å². The number of furan rings is 1. The average molecular weight is 435 g/mol. The molecule has 2 aromatic carbocycles. The van der Waals surface area contributed by atoms with Gasteiger partial charge in [-0.1, -0.05) is 42.1 Å². The Morgan fingerprint density at radius 2 is 1.97 bits per heavy atom. The van der Waals surface area contributed by atoms with E-state index in [1.54, 1.807) is 13.4 Å². The molecule has 0 atom stereocenters. The number of nitrogens with one attached hydrogen (secondary N) is 1. The molecule has 31 heavy (non-hydrogen) atoms. The molecule has 1 N–H and O–H groups in total. The quantitative estimate of drug-likeness (QED) is 0.384. The maximum atomic E-state index is 12.2. The second-order valence-electron chi connectivity index (χ2n) is 6.72. The molecule has 8 heteroatoms. The molecule has 0 aliphatic carbocycles. The molecule has 2 aromatic heterocycles. The van der Waals surface area contributed by atoms with Gasteiger partial charge in [0.25, 0.3) is 0 Å². The zero-order valence-corrected chi connectivity index (χ0v) is 17.8. The molecule has 0 aliphatic heterocycles.